The van der Waals surface area contributed by atoms with Gasteiger partial charge in [-0.15, -0.1) is 0 Å². The lowest BCUT2D eigenvalue weighted by atomic mass is 10.2. The number of nitrogens with zero attached hydrogens (tertiary/aromatic N) is 3. The molecule has 1 atom stereocenters. The van der Waals surface area contributed by atoms with Gasteiger partial charge in [-0.3, -0.25) is 9.36 Å². The molecule has 1 saturated carbocycles. The van der Waals surface area contributed by atoms with Gasteiger partial charge in [0.15, 0.2) is 0 Å². The number of aromatic nitrogens is 2. The van der Waals surface area contributed by atoms with Gasteiger partial charge in [0, 0.05) is 19.5 Å². The van der Waals surface area contributed by atoms with Gasteiger partial charge < -0.3 is 21.2 Å². The lowest BCUT2D eigenvalue weighted by molar-refractivity contribution is -0.389. The zero-order chi connectivity index (χ0) is 14.0. The number of rotatable bonds is 6. The summed E-state index contributed by atoms with van der Waals surface area (Å²) in [7, 11) is 0. The molecule has 1 aliphatic rings. The fraction of sp³-hybridized carbons (Fsp3) is 0.636. The van der Waals surface area contributed by atoms with Gasteiger partial charge in [0.05, 0.1) is 0 Å². The molecule has 0 radical (unpaired) electrons. The Hall–Kier alpha value is -1.96. The van der Waals surface area contributed by atoms with Crippen LogP contribution in [0.1, 0.15) is 18.7 Å². The molecule has 104 valence electrons. The number of nitrogens with one attached hydrogen (secondary N) is 1. The minimum atomic E-state index is -0.579. The summed E-state index contributed by atoms with van der Waals surface area (Å²) < 4.78 is 1.45. The van der Waals surface area contributed by atoms with Crippen molar-refractivity contribution in [2.24, 2.45) is 11.7 Å². The van der Waals surface area contributed by atoms with E-state index < -0.39 is 4.92 Å². The Kier molecular flexibility index (Phi) is 3.79. The van der Waals surface area contributed by atoms with Crippen LogP contribution in [0.15, 0.2) is 6.20 Å². The van der Waals surface area contributed by atoms with E-state index in [1.807, 2.05) is 0 Å². The van der Waals surface area contributed by atoms with Crippen LogP contribution in [0.4, 0.5) is 5.82 Å². The first kappa shape index (κ1) is 13.5. The normalized spacial score (nSPS) is 16.1. The first-order chi connectivity index (χ1) is 8.97. The molecule has 0 aromatic carbocycles. The Morgan fingerprint density at radius 1 is 1.74 bits per heavy atom. The van der Waals surface area contributed by atoms with Crippen molar-refractivity contribution in [2.45, 2.75) is 32.4 Å². The van der Waals surface area contributed by atoms with Gasteiger partial charge >= 0.3 is 5.82 Å². The molecular formula is C11H17N5O3. The Morgan fingerprint density at radius 3 is 2.95 bits per heavy atom. The Bertz CT molecular complexity index is 495. The number of nitro groups is 1. The van der Waals surface area contributed by atoms with Crippen LogP contribution in [0.2, 0.25) is 0 Å². The van der Waals surface area contributed by atoms with Gasteiger partial charge in [0.2, 0.25) is 11.7 Å². The number of carbonyl (C=O) groups is 1. The quantitative estimate of drug-likeness (QED) is 0.554. The summed E-state index contributed by atoms with van der Waals surface area (Å²) in [5, 5.41) is 13.3. The second kappa shape index (κ2) is 5.35. The summed E-state index contributed by atoms with van der Waals surface area (Å²) in [6, 6.07) is 0.00201. The lowest BCUT2D eigenvalue weighted by Gasteiger charge is -2.11. The van der Waals surface area contributed by atoms with E-state index >= 15 is 0 Å². The molecule has 1 unspecified atom stereocenters. The smallest absolute Gasteiger partial charge is 0.358 e. The number of aryl methyl sites for hydroxylation is 1. The van der Waals surface area contributed by atoms with Gasteiger partial charge in [-0.1, -0.05) is 0 Å². The second-order valence-corrected chi connectivity index (χ2v) is 4.84. The Morgan fingerprint density at radius 2 is 2.42 bits per heavy atom. The summed E-state index contributed by atoms with van der Waals surface area (Å²) in [6.45, 7) is 2.08. The van der Waals surface area contributed by atoms with Crippen LogP contribution < -0.4 is 11.1 Å². The Labute approximate surface area is 110 Å². The summed E-state index contributed by atoms with van der Waals surface area (Å²) in [6.07, 6.45) is 3.52. The predicted molar refractivity (Wildman–Crippen MR) is 67.3 cm³/mol. The minimum absolute atomic E-state index is 0.00201. The third-order valence-corrected chi connectivity index (χ3v) is 3.23. The molecule has 1 amide bonds. The average molecular weight is 267 g/mol. The topological polar surface area (TPSA) is 116 Å². The molecular weight excluding hydrogens is 250 g/mol. The van der Waals surface area contributed by atoms with E-state index in [2.05, 4.69) is 10.3 Å². The number of nitrogens with two attached hydrogens (primary N) is 1. The lowest BCUT2D eigenvalue weighted by Crippen LogP contribution is -2.39. The van der Waals surface area contributed by atoms with Crippen LogP contribution in [0, 0.1) is 23.0 Å². The SMILES string of the molecule is Cc1nc([N+](=O)[O-])cn1CC(=O)NCC(N)C1CC1. The summed E-state index contributed by atoms with van der Waals surface area (Å²) in [4.78, 5) is 25.4. The van der Waals surface area contributed by atoms with E-state index in [0.717, 1.165) is 12.8 Å². The molecule has 3 N–H and O–H groups in total. The van der Waals surface area contributed by atoms with Crippen LogP contribution in [0.5, 0.6) is 0 Å². The third-order valence-electron chi connectivity index (χ3n) is 3.23. The molecule has 1 heterocycles. The number of carbonyl (C=O) groups excluding carboxylic acids is 1. The third kappa shape index (κ3) is 3.50. The van der Waals surface area contributed by atoms with E-state index in [1.54, 1.807) is 6.92 Å². The van der Waals surface area contributed by atoms with Gasteiger partial charge in [-0.05, 0) is 28.7 Å². The van der Waals surface area contributed by atoms with Crippen molar-refractivity contribution in [3.63, 3.8) is 0 Å². The molecule has 0 saturated heterocycles. The average Bonchev–Trinajstić information content (AvgIpc) is 3.12. The standard InChI is InChI=1S/C11H17N5O3/c1-7-14-10(16(18)19)5-15(7)6-11(17)13-4-9(12)8-2-3-8/h5,8-9H,2-4,6,12H2,1H3,(H,13,17). The molecule has 8 heteroatoms. The first-order valence-electron chi connectivity index (χ1n) is 6.18. The van der Waals surface area contributed by atoms with Crippen LogP contribution in [0.25, 0.3) is 0 Å². The maximum atomic E-state index is 11.7. The van der Waals surface area contributed by atoms with E-state index in [0.29, 0.717) is 18.3 Å². The highest BCUT2D eigenvalue weighted by molar-refractivity contribution is 5.75. The largest absolute Gasteiger partial charge is 0.381 e. The molecule has 1 fully saturated rings. The van der Waals surface area contributed by atoms with Gasteiger partial charge in [-0.2, -0.15) is 0 Å². The zero-order valence-corrected chi connectivity index (χ0v) is 10.7. The molecule has 0 spiro atoms. The van der Waals surface area contributed by atoms with Gasteiger partial charge in [-0.25, -0.2) is 0 Å². The zero-order valence-electron chi connectivity index (χ0n) is 10.7. The predicted octanol–water partition coefficient (Wildman–Crippen LogP) is -0.0468. The van der Waals surface area contributed by atoms with Crippen molar-refractivity contribution in [3.8, 4) is 0 Å². The highest BCUT2D eigenvalue weighted by Gasteiger charge is 2.28. The van der Waals surface area contributed by atoms with Crippen LogP contribution in [-0.2, 0) is 11.3 Å². The molecule has 1 aromatic heterocycles. The number of hydrogen-bond acceptors (Lipinski definition) is 5. The maximum Gasteiger partial charge on any atom is 0.381 e. The van der Waals surface area contributed by atoms with E-state index in [1.165, 1.54) is 10.8 Å². The fourth-order valence-corrected chi connectivity index (χ4v) is 1.87. The van der Waals surface area contributed by atoms with Crippen LogP contribution >= 0.6 is 0 Å². The molecule has 0 aliphatic heterocycles. The van der Waals surface area contributed by atoms with E-state index in [9.17, 15) is 14.9 Å². The summed E-state index contributed by atoms with van der Waals surface area (Å²) in [5.74, 6) is 0.496. The van der Waals surface area contributed by atoms with Crippen LogP contribution in [-0.4, -0.2) is 33.0 Å². The van der Waals surface area contributed by atoms with Crippen molar-refractivity contribution in [3.05, 3.63) is 22.1 Å². The van der Waals surface area contributed by atoms with Crippen molar-refractivity contribution in [1.29, 1.82) is 0 Å². The number of amides is 1. The fourth-order valence-electron chi connectivity index (χ4n) is 1.87. The first-order valence-corrected chi connectivity index (χ1v) is 6.18. The van der Waals surface area contributed by atoms with Crippen LogP contribution in [0.3, 0.4) is 0 Å². The monoisotopic (exact) mass is 267 g/mol. The Balaban J connectivity index is 1.85. The minimum Gasteiger partial charge on any atom is -0.358 e. The highest BCUT2D eigenvalue weighted by Crippen LogP contribution is 2.31. The van der Waals surface area contributed by atoms with Gasteiger partial charge in [0.1, 0.15) is 12.7 Å². The molecule has 19 heavy (non-hydrogen) atoms. The number of hydrogen-bond donors (Lipinski definition) is 2. The summed E-state index contributed by atoms with van der Waals surface area (Å²) in [5.41, 5.74) is 5.87. The molecule has 1 aliphatic carbocycles. The van der Waals surface area contributed by atoms with E-state index in [4.69, 9.17) is 5.73 Å². The molecule has 2 rings (SSSR count). The summed E-state index contributed by atoms with van der Waals surface area (Å²) >= 11 is 0. The second-order valence-electron chi connectivity index (χ2n) is 4.84. The van der Waals surface area contributed by atoms with Crippen molar-refractivity contribution < 1.29 is 9.72 Å². The highest BCUT2D eigenvalue weighted by atomic mass is 16.6. The van der Waals surface area contributed by atoms with Crippen molar-refractivity contribution in [2.75, 3.05) is 6.54 Å². The molecule has 1 aromatic rings. The molecule has 8 nitrogen and oxygen atoms in total. The maximum absolute atomic E-state index is 11.7. The van der Waals surface area contributed by atoms with E-state index in [-0.39, 0.29) is 24.3 Å². The number of imidazole rings is 1. The van der Waals surface area contributed by atoms with Crippen molar-refractivity contribution in [1.82, 2.24) is 14.9 Å². The van der Waals surface area contributed by atoms with Crippen molar-refractivity contribution >= 4 is 11.7 Å². The molecule has 0 bridgehead atoms. The van der Waals surface area contributed by atoms with Gasteiger partial charge in [0.25, 0.3) is 0 Å².